The van der Waals surface area contributed by atoms with Gasteiger partial charge in [0.15, 0.2) is 0 Å². The molecule has 24 heavy (non-hydrogen) atoms. The molecule has 0 amide bonds. The Labute approximate surface area is 146 Å². The van der Waals surface area contributed by atoms with Crippen molar-refractivity contribution in [2.45, 2.75) is 101 Å². The molecule has 0 radical (unpaired) electrons. The van der Waals surface area contributed by atoms with Crippen molar-refractivity contribution in [2.24, 2.45) is 5.92 Å². The lowest BCUT2D eigenvalue weighted by atomic mass is 9.83. The van der Waals surface area contributed by atoms with Gasteiger partial charge in [-0.1, -0.05) is 25.7 Å². The highest BCUT2D eigenvalue weighted by molar-refractivity contribution is 6.40. The number of rotatable bonds is 7. The lowest BCUT2D eigenvalue weighted by molar-refractivity contribution is 0.0871. The Morgan fingerprint density at radius 2 is 1.71 bits per heavy atom. The Bertz CT molecular complexity index is 380. The summed E-state index contributed by atoms with van der Waals surface area (Å²) in [7, 11) is -1.16. The third-order valence-corrected chi connectivity index (χ3v) is 6.42. The van der Waals surface area contributed by atoms with E-state index in [0.29, 0.717) is 30.5 Å². The van der Waals surface area contributed by atoms with Crippen LogP contribution in [0.5, 0.6) is 0 Å². The minimum atomic E-state index is -1.16. The van der Waals surface area contributed by atoms with Gasteiger partial charge in [-0.05, 0) is 63.7 Å². The highest BCUT2D eigenvalue weighted by atomic mass is 19.1. The van der Waals surface area contributed by atoms with E-state index in [1.807, 2.05) is 0 Å². The maximum Gasteiger partial charge on any atom is 0.451 e. The van der Waals surface area contributed by atoms with Crippen molar-refractivity contribution < 1.29 is 14.4 Å². The van der Waals surface area contributed by atoms with E-state index in [2.05, 4.69) is 10.2 Å². The molecule has 3 atom stereocenters. The monoisotopic (exact) mass is 340 g/mol. The molecule has 3 N–H and O–H groups in total. The second-order valence-corrected chi connectivity index (χ2v) is 8.15. The van der Waals surface area contributed by atoms with E-state index in [1.165, 1.54) is 25.7 Å². The number of hydrogen-bond acceptors (Lipinski definition) is 4. The molecule has 6 heteroatoms. The van der Waals surface area contributed by atoms with Crippen LogP contribution in [0.4, 0.5) is 4.39 Å². The number of nitrogens with one attached hydrogen (secondary N) is 1. The number of alkyl halides is 1. The summed E-state index contributed by atoms with van der Waals surface area (Å²) in [5.41, 5.74) is 0. The molecule has 0 aromatic rings. The fourth-order valence-corrected chi connectivity index (χ4v) is 5.13. The van der Waals surface area contributed by atoms with E-state index in [1.54, 1.807) is 0 Å². The van der Waals surface area contributed by atoms with Crippen LogP contribution in [0.2, 0.25) is 6.32 Å². The fourth-order valence-electron chi connectivity index (χ4n) is 5.13. The van der Waals surface area contributed by atoms with Gasteiger partial charge in [0.25, 0.3) is 0 Å². The predicted octanol–water partition coefficient (Wildman–Crippen LogP) is 2.70. The fraction of sp³-hybridized carbons (Fsp3) is 1.00. The third-order valence-electron chi connectivity index (χ3n) is 6.42. The average Bonchev–Trinajstić information content (AvgIpc) is 2.94. The van der Waals surface area contributed by atoms with Gasteiger partial charge in [-0.2, -0.15) is 0 Å². The van der Waals surface area contributed by atoms with Gasteiger partial charge in [-0.25, -0.2) is 4.39 Å². The normalized spacial score (nSPS) is 37.4. The van der Waals surface area contributed by atoms with Crippen LogP contribution in [0.15, 0.2) is 0 Å². The first kappa shape index (κ1) is 18.6. The maximum absolute atomic E-state index is 13.5. The smallest absolute Gasteiger partial charge is 0.427 e. The van der Waals surface area contributed by atoms with Crippen LogP contribution in [0.3, 0.4) is 0 Å². The second kappa shape index (κ2) is 8.97. The Kier molecular flexibility index (Phi) is 6.96. The van der Waals surface area contributed by atoms with Crippen molar-refractivity contribution in [2.75, 3.05) is 6.54 Å². The zero-order valence-electron chi connectivity index (χ0n) is 14.9. The van der Waals surface area contributed by atoms with Gasteiger partial charge in [0, 0.05) is 12.1 Å². The topological polar surface area (TPSA) is 55.7 Å². The standard InChI is InChI=1S/C18H34BFN2O2/c20-15-10-8-14(9-11-15)18-21-16-6-2-3-7-17(16)22(18)13-5-1-4-12-19(23)24/h14-18,21,23-24H,1-13H2. The summed E-state index contributed by atoms with van der Waals surface area (Å²) < 4.78 is 13.5. The lowest BCUT2D eigenvalue weighted by Crippen LogP contribution is -2.46. The highest BCUT2D eigenvalue weighted by Gasteiger charge is 2.44. The van der Waals surface area contributed by atoms with E-state index < -0.39 is 13.3 Å². The molecule has 3 unspecified atom stereocenters. The molecule has 2 aliphatic carbocycles. The Balaban J connectivity index is 1.54. The minimum absolute atomic E-state index is 0.439. The predicted molar refractivity (Wildman–Crippen MR) is 95.4 cm³/mol. The van der Waals surface area contributed by atoms with Gasteiger partial charge in [0.05, 0.1) is 6.17 Å². The molecule has 1 heterocycles. The van der Waals surface area contributed by atoms with Crippen molar-refractivity contribution in [3.05, 3.63) is 0 Å². The Morgan fingerprint density at radius 3 is 2.46 bits per heavy atom. The largest absolute Gasteiger partial charge is 0.451 e. The van der Waals surface area contributed by atoms with Gasteiger partial charge in [0.2, 0.25) is 0 Å². The van der Waals surface area contributed by atoms with Gasteiger partial charge in [0.1, 0.15) is 6.17 Å². The molecule has 0 aromatic carbocycles. The van der Waals surface area contributed by atoms with Crippen molar-refractivity contribution in [3.63, 3.8) is 0 Å². The molecule has 1 aliphatic heterocycles. The first-order valence-electron chi connectivity index (χ1n) is 10.2. The number of hydrogen-bond donors (Lipinski definition) is 3. The number of nitrogens with zero attached hydrogens (tertiary/aromatic N) is 1. The molecular formula is C18H34BFN2O2. The van der Waals surface area contributed by atoms with Crippen molar-refractivity contribution in [1.82, 2.24) is 10.2 Å². The van der Waals surface area contributed by atoms with E-state index in [0.717, 1.165) is 51.5 Å². The Morgan fingerprint density at radius 1 is 0.958 bits per heavy atom. The molecule has 138 valence electrons. The number of unbranched alkanes of at least 4 members (excludes halogenated alkanes) is 2. The molecule has 0 bridgehead atoms. The Hall–Kier alpha value is -0.165. The SMILES string of the molecule is OB(O)CCCCCN1C2CCCCC2NC1C1CCC(F)CC1. The maximum atomic E-state index is 13.5. The summed E-state index contributed by atoms with van der Waals surface area (Å²) in [6, 6.07) is 1.29. The van der Waals surface area contributed by atoms with Crippen LogP contribution in [0, 0.1) is 5.92 Å². The van der Waals surface area contributed by atoms with Crippen LogP contribution in [-0.2, 0) is 0 Å². The van der Waals surface area contributed by atoms with E-state index in [4.69, 9.17) is 10.0 Å². The van der Waals surface area contributed by atoms with Crippen LogP contribution < -0.4 is 5.32 Å². The van der Waals surface area contributed by atoms with Gasteiger partial charge >= 0.3 is 7.12 Å². The van der Waals surface area contributed by atoms with E-state index >= 15 is 0 Å². The molecule has 4 nitrogen and oxygen atoms in total. The first-order chi connectivity index (χ1) is 11.6. The quantitative estimate of drug-likeness (QED) is 0.493. The van der Waals surface area contributed by atoms with Crippen molar-refractivity contribution in [3.8, 4) is 0 Å². The van der Waals surface area contributed by atoms with Crippen molar-refractivity contribution >= 4 is 7.12 Å². The summed E-state index contributed by atoms with van der Waals surface area (Å²) in [5, 5.41) is 21.8. The summed E-state index contributed by atoms with van der Waals surface area (Å²) in [4.78, 5) is 2.70. The summed E-state index contributed by atoms with van der Waals surface area (Å²) in [6.45, 7) is 1.09. The molecule has 3 rings (SSSR count). The molecule has 0 aromatic heterocycles. The molecule has 3 aliphatic rings. The molecule has 3 fully saturated rings. The molecular weight excluding hydrogens is 306 g/mol. The van der Waals surface area contributed by atoms with E-state index in [9.17, 15) is 4.39 Å². The number of fused-ring (bicyclic) bond motifs is 1. The van der Waals surface area contributed by atoms with Crippen LogP contribution in [0.1, 0.15) is 70.6 Å². The second-order valence-electron chi connectivity index (χ2n) is 8.15. The van der Waals surface area contributed by atoms with Crippen molar-refractivity contribution in [1.29, 1.82) is 0 Å². The van der Waals surface area contributed by atoms with E-state index in [-0.39, 0.29) is 0 Å². The highest BCUT2D eigenvalue weighted by Crippen LogP contribution is 2.37. The third kappa shape index (κ3) is 4.72. The minimum Gasteiger partial charge on any atom is -0.427 e. The summed E-state index contributed by atoms with van der Waals surface area (Å²) in [5.74, 6) is 0.599. The summed E-state index contributed by atoms with van der Waals surface area (Å²) >= 11 is 0. The average molecular weight is 340 g/mol. The van der Waals surface area contributed by atoms with Gasteiger partial charge in [-0.15, -0.1) is 0 Å². The molecule has 0 spiro atoms. The zero-order valence-corrected chi connectivity index (χ0v) is 14.9. The zero-order chi connectivity index (χ0) is 16.9. The summed E-state index contributed by atoms with van der Waals surface area (Å²) in [6.07, 6.45) is 12.1. The van der Waals surface area contributed by atoms with Gasteiger partial charge in [-0.3, -0.25) is 10.2 Å². The molecule has 2 saturated carbocycles. The van der Waals surface area contributed by atoms with Crippen LogP contribution in [0.25, 0.3) is 0 Å². The lowest BCUT2D eigenvalue weighted by Gasteiger charge is -2.37. The van der Waals surface area contributed by atoms with Crippen LogP contribution in [-0.4, -0.2) is 53.0 Å². The van der Waals surface area contributed by atoms with Gasteiger partial charge < -0.3 is 10.0 Å². The number of halogens is 1. The van der Waals surface area contributed by atoms with Crippen LogP contribution >= 0.6 is 0 Å². The first-order valence-corrected chi connectivity index (χ1v) is 10.2. The molecule has 1 saturated heterocycles.